The van der Waals surface area contributed by atoms with Crippen LogP contribution in [0.25, 0.3) is 0 Å². The number of benzene rings is 2. The second-order valence-corrected chi connectivity index (χ2v) is 7.50. The van der Waals surface area contributed by atoms with Crippen molar-refractivity contribution < 1.29 is 4.79 Å². The minimum absolute atomic E-state index is 0.265. The van der Waals surface area contributed by atoms with Gasteiger partial charge in [0.15, 0.2) is 0 Å². The smallest absolute Gasteiger partial charge is 0.275 e. The molecular weight excluding hydrogens is 362 g/mol. The van der Waals surface area contributed by atoms with Crippen LogP contribution in [0, 0.1) is 6.92 Å². The monoisotopic (exact) mass is 389 g/mol. The molecule has 3 aromatic rings. The molecule has 0 spiro atoms. The molecule has 1 heterocycles. The number of aromatic nitrogens is 2. The number of anilines is 4. The third-order valence-electron chi connectivity index (χ3n) is 4.71. The van der Waals surface area contributed by atoms with Gasteiger partial charge in [0, 0.05) is 31.2 Å². The van der Waals surface area contributed by atoms with Gasteiger partial charge in [0.1, 0.15) is 11.5 Å². The topological polar surface area (TPSA) is 70.2 Å². The van der Waals surface area contributed by atoms with Crippen LogP contribution in [0.3, 0.4) is 0 Å². The van der Waals surface area contributed by atoms with Gasteiger partial charge in [-0.05, 0) is 48.2 Å². The van der Waals surface area contributed by atoms with Crippen LogP contribution < -0.4 is 15.5 Å². The molecule has 0 saturated heterocycles. The fraction of sp³-hybridized carbons (Fsp3) is 0.261. The molecule has 6 heteroatoms. The van der Waals surface area contributed by atoms with E-state index in [0.29, 0.717) is 17.4 Å². The van der Waals surface area contributed by atoms with Crippen molar-refractivity contribution >= 4 is 28.8 Å². The Morgan fingerprint density at radius 3 is 2.31 bits per heavy atom. The largest absolute Gasteiger partial charge is 0.378 e. The fourth-order valence-corrected chi connectivity index (χ4v) is 3.02. The number of carbonyl (C=O) groups excluding carboxylic acids is 1. The van der Waals surface area contributed by atoms with Crippen molar-refractivity contribution in [1.29, 1.82) is 0 Å². The third-order valence-corrected chi connectivity index (χ3v) is 4.71. The van der Waals surface area contributed by atoms with E-state index in [1.807, 2.05) is 43.3 Å². The number of para-hydroxylation sites is 1. The van der Waals surface area contributed by atoms with E-state index in [1.54, 1.807) is 6.20 Å². The molecule has 6 nitrogen and oxygen atoms in total. The highest BCUT2D eigenvalue weighted by Crippen LogP contribution is 2.29. The first-order chi connectivity index (χ1) is 13.8. The fourth-order valence-electron chi connectivity index (χ4n) is 3.02. The van der Waals surface area contributed by atoms with E-state index >= 15 is 0 Å². The van der Waals surface area contributed by atoms with E-state index < -0.39 is 0 Å². The van der Waals surface area contributed by atoms with Crippen LogP contribution in [0.1, 0.15) is 41.4 Å². The highest BCUT2D eigenvalue weighted by Gasteiger charge is 2.12. The second-order valence-electron chi connectivity index (χ2n) is 7.50. The molecule has 1 aromatic heterocycles. The number of carbonyl (C=O) groups is 1. The quantitative estimate of drug-likeness (QED) is 0.623. The predicted octanol–water partition coefficient (Wildman–Crippen LogP) is 4.97. The Balaban J connectivity index is 1.71. The number of nitrogens with zero attached hydrogens (tertiary/aromatic N) is 3. The molecular formula is C23H27N5O. The first kappa shape index (κ1) is 20.3. The Kier molecular flexibility index (Phi) is 6.12. The number of hydrogen-bond donors (Lipinski definition) is 2. The first-order valence-corrected chi connectivity index (χ1v) is 9.62. The number of aryl methyl sites for hydroxylation is 1. The van der Waals surface area contributed by atoms with Crippen molar-refractivity contribution in [2.45, 2.75) is 26.7 Å². The Hall–Kier alpha value is -3.41. The molecule has 0 aliphatic rings. The Morgan fingerprint density at radius 2 is 1.72 bits per heavy atom. The summed E-state index contributed by atoms with van der Waals surface area (Å²) >= 11 is 0. The highest BCUT2D eigenvalue weighted by molar-refractivity contribution is 6.02. The molecule has 0 aliphatic heterocycles. The molecule has 29 heavy (non-hydrogen) atoms. The van der Waals surface area contributed by atoms with Gasteiger partial charge < -0.3 is 15.5 Å². The summed E-state index contributed by atoms with van der Waals surface area (Å²) < 4.78 is 0. The molecule has 2 aromatic carbocycles. The SMILES string of the molecule is Cc1cccc(C(C)C)c1Nc1cnc(C(=O)Nc2ccc(N(C)C)cc2)cn1. The van der Waals surface area contributed by atoms with Crippen LogP contribution in [0.5, 0.6) is 0 Å². The van der Waals surface area contributed by atoms with E-state index in [4.69, 9.17) is 0 Å². The summed E-state index contributed by atoms with van der Waals surface area (Å²) in [6.07, 6.45) is 3.07. The van der Waals surface area contributed by atoms with Gasteiger partial charge in [0.25, 0.3) is 5.91 Å². The van der Waals surface area contributed by atoms with Crippen LogP contribution >= 0.6 is 0 Å². The average Bonchev–Trinajstić information content (AvgIpc) is 2.70. The van der Waals surface area contributed by atoms with Gasteiger partial charge in [-0.15, -0.1) is 0 Å². The lowest BCUT2D eigenvalue weighted by atomic mass is 9.98. The average molecular weight is 390 g/mol. The van der Waals surface area contributed by atoms with E-state index in [0.717, 1.165) is 16.9 Å². The molecule has 150 valence electrons. The molecule has 0 fully saturated rings. The van der Waals surface area contributed by atoms with Crippen molar-refractivity contribution in [1.82, 2.24) is 9.97 Å². The zero-order chi connectivity index (χ0) is 21.0. The zero-order valence-corrected chi connectivity index (χ0v) is 17.5. The molecule has 0 atom stereocenters. The molecule has 0 saturated carbocycles. The number of nitrogens with one attached hydrogen (secondary N) is 2. The lowest BCUT2D eigenvalue weighted by molar-refractivity contribution is 0.102. The number of rotatable bonds is 6. The maximum Gasteiger partial charge on any atom is 0.275 e. The van der Waals surface area contributed by atoms with Gasteiger partial charge in [0.2, 0.25) is 0 Å². The minimum atomic E-state index is -0.291. The van der Waals surface area contributed by atoms with Gasteiger partial charge in [-0.1, -0.05) is 32.0 Å². The van der Waals surface area contributed by atoms with Gasteiger partial charge in [-0.2, -0.15) is 0 Å². The van der Waals surface area contributed by atoms with Gasteiger partial charge in [-0.25, -0.2) is 9.97 Å². The van der Waals surface area contributed by atoms with E-state index in [1.165, 1.54) is 11.8 Å². The van der Waals surface area contributed by atoms with Crippen LogP contribution in [-0.4, -0.2) is 30.0 Å². The van der Waals surface area contributed by atoms with E-state index in [2.05, 4.69) is 59.6 Å². The highest BCUT2D eigenvalue weighted by atomic mass is 16.1. The molecule has 0 radical (unpaired) electrons. The summed E-state index contributed by atoms with van der Waals surface area (Å²) in [6, 6.07) is 13.8. The van der Waals surface area contributed by atoms with Crippen molar-refractivity contribution in [3.63, 3.8) is 0 Å². The Bertz CT molecular complexity index is 979. The number of hydrogen-bond acceptors (Lipinski definition) is 5. The molecule has 0 unspecified atom stereocenters. The van der Waals surface area contributed by atoms with E-state index in [-0.39, 0.29) is 11.6 Å². The van der Waals surface area contributed by atoms with Crippen LogP contribution in [-0.2, 0) is 0 Å². The van der Waals surface area contributed by atoms with Crippen molar-refractivity contribution in [3.05, 3.63) is 71.7 Å². The normalized spacial score (nSPS) is 10.7. The molecule has 3 rings (SSSR count). The second kappa shape index (κ2) is 8.73. The zero-order valence-electron chi connectivity index (χ0n) is 17.5. The van der Waals surface area contributed by atoms with E-state index in [9.17, 15) is 4.79 Å². The van der Waals surface area contributed by atoms with Crippen LogP contribution in [0.15, 0.2) is 54.9 Å². The van der Waals surface area contributed by atoms with Crippen LogP contribution in [0.4, 0.5) is 22.9 Å². The summed E-state index contributed by atoms with van der Waals surface area (Å²) in [5.41, 5.74) is 5.44. The predicted molar refractivity (Wildman–Crippen MR) is 119 cm³/mol. The summed E-state index contributed by atoms with van der Waals surface area (Å²) in [6.45, 7) is 6.37. The minimum Gasteiger partial charge on any atom is -0.378 e. The van der Waals surface area contributed by atoms with Crippen molar-refractivity contribution in [2.75, 3.05) is 29.6 Å². The Labute approximate surface area is 172 Å². The molecule has 2 N–H and O–H groups in total. The molecule has 0 aliphatic carbocycles. The van der Waals surface area contributed by atoms with Gasteiger partial charge in [-0.3, -0.25) is 4.79 Å². The lowest BCUT2D eigenvalue weighted by Gasteiger charge is -2.16. The third kappa shape index (κ3) is 4.90. The molecule has 1 amide bonds. The summed E-state index contributed by atoms with van der Waals surface area (Å²) in [4.78, 5) is 23.1. The first-order valence-electron chi connectivity index (χ1n) is 9.62. The Morgan fingerprint density at radius 1 is 1.00 bits per heavy atom. The van der Waals surface area contributed by atoms with Crippen LogP contribution in [0.2, 0.25) is 0 Å². The summed E-state index contributed by atoms with van der Waals surface area (Å²) in [7, 11) is 3.94. The summed E-state index contributed by atoms with van der Waals surface area (Å²) in [5.74, 6) is 0.697. The lowest BCUT2D eigenvalue weighted by Crippen LogP contribution is -2.14. The number of amides is 1. The maximum atomic E-state index is 12.5. The maximum absolute atomic E-state index is 12.5. The molecule has 0 bridgehead atoms. The van der Waals surface area contributed by atoms with Gasteiger partial charge >= 0.3 is 0 Å². The van der Waals surface area contributed by atoms with Crippen molar-refractivity contribution in [3.8, 4) is 0 Å². The van der Waals surface area contributed by atoms with Crippen molar-refractivity contribution in [2.24, 2.45) is 0 Å². The summed E-state index contributed by atoms with van der Waals surface area (Å²) in [5, 5.41) is 6.19. The van der Waals surface area contributed by atoms with Gasteiger partial charge in [0.05, 0.1) is 12.4 Å². The standard InChI is InChI=1S/C23H27N5O/c1-15(2)19-8-6-7-16(3)22(19)27-21-14-24-20(13-25-21)23(29)26-17-9-11-18(12-10-17)28(4)5/h6-15H,1-5H3,(H,25,27)(H,26,29).